The van der Waals surface area contributed by atoms with Crippen LogP contribution in [0.3, 0.4) is 0 Å². The van der Waals surface area contributed by atoms with E-state index in [1.807, 2.05) is 37.3 Å². The van der Waals surface area contributed by atoms with Crippen LogP contribution in [-0.4, -0.2) is 28.3 Å². The van der Waals surface area contributed by atoms with Gasteiger partial charge in [-0.1, -0.05) is 11.6 Å². The van der Waals surface area contributed by atoms with Crippen molar-refractivity contribution in [2.75, 3.05) is 13.2 Å². The van der Waals surface area contributed by atoms with Crippen LogP contribution >= 0.6 is 0 Å². The van der Waals surface area contributed by atoms with Gasteiger partial charge in [-0.05, 0) is 43.3 Å². The van der Waals surface area contributed by atoms with Crippen molar-refractivity contribution in [3.05, 3.63) is 58.4 Å². The zero-order valence-corrected chi connectivity index (χ0v) is 12.2. The topological polar surface area (TPSA) is 75.2 Å². The third-order valence-electron chi connectivity index (χ3n) is 3.35. The minimum Gasteiger partial charge on any atom is -0.491 e. The molecule has 3 rings (SSSR count). The molecule has 5 nitrogen and oxygen atoms in total. The zero-order valence-electron chi connectivity index (χ0n) is 12.2. The lowest BCUT2D eigenvalue weighted by atomic mass is 10.1. The van der Waals surface area contributed by atoms with Crippen molar-refractivity contribution in [1.82, 2.24) is 9.97 Å². The second-order valence-corrected chi connectivity index (χ2v) is 5.03. The fourth-order valence-corrected chi connectivity index (χ4v) is 2.26. The molecular formula is C17H16N2O3. The molecule has 5 heteroatoms. The third-order valence-corrected chi connectivity index (χ3v) is 3.35. The first-order valence-electron chi connectivity index (χ1n) is 7.02. The van der Waals surface area contributed by atoms with E-state index in [0.717, 1.165) is 11.1 Å². The maximum atomic E-state index is 12.2. The smallest absolute Gasteiger partial charge is 0.259 e. The van der Waals surface area contributed by atoms with Gasteiger partial charge in [-0.2, -0.15) is 0 Å². The summed E-state index contributed by atoms with van der Waals surface area (Å²) < 4.78 is 5.31. The molecule has 2 aromatic carbocycles. The predicted octanol–water partition coefficient (Wildman–Crippen LogP) is 2.27. The van der Waals surface area contributed by atoms with Gasteiger partial charge in [0.2, 0.25) is 0 Å². The normalized spacial score (nSPS) is 10.8. The molecule has 0 spiro atoms. The van der Waals surface area contributed by atoms with Gasteiger partial charge in [0.25, 0.3) is 5.56 Å². The number of aliphatic hydroxyl groups is 1. The Hall–Kier alpha value is -2.66. The summed E-state index contributed by atoms with van der Waals surface area (Å²) in [5, 5.41) is 9.33. The summed E-state index contributed by atoms with van der Waals surface area (Å²) >= 11 is 0. The Bertz CT molecular complexity index is 854. The van der Waals surface area contributed by atoms with Crippen LogP contribution in [0.1, 0.15) is 5.56 Å². The van der Waals surface area contributed by atoms with Gasteiger partial charge >= 0.3 is 0 Å². The molecule has 1 aromatic heterocycles. The van der Waals surface area contributed by atoms with Gasteiger partial charge in [-0.25, -0.2) is 4.98 Å². The first-order chi connectivity index (χ1) is 10.7. The fraction of sp³-hybridized carbons (Fsp3) is 0.176. The minimum absolute atomic E-state index is 0.0271. The highest BCUT2D eigenvalue weighted by Crippen LogP contribution is 2.20. The largest absolute Gasteiger partial charge is 0.491 e. The minimum atomic E-state index is -0.149. The number of aromatic nitrogens is 2. The predicted molar refractivity (Wildman–Crippen MR) is 85.1 cm³/mol. The Morgan fingerprint density at radius 2 is 1.95 bits per heavy atom. The zero-order chi connectivity index (χ0) is 15.5. The van der Waals surface area contributed by atoms with E-state index >= 15 is 0 Å². The van der Waals surface area contributed by atoms with Crippen LogP contribution in [0.4, 0.5) is 0 Å². The van der Waals surface area contributed by atoms with E-state index in [4.69, 9.17) is 9.84 Å². The molecule has 0 saturated carbocycles. The number of aliphatic hydroxyl groups excluding tert-OH is 1. The second kappa shape index (κ2) is 5.99. The lowest BCUT2D eigenvalue weighted by Gasteiger charge is -2.06. The summed E-state index contributed by atoms with van der Waals surface area (Å²) in [5.74, 6) is 1.19. The van der Waals surface area contributed by atoms with Crippen molar-refractivity contribution in [2.24, 2.45) is 0 Å². The van der Waals surface area contributed by atoms with Crippen molar-refractivity contribution >= 4 is 10.9 Å². The molecule has 1 heterocycles. The van der Waals surface area contributed by atoms with Gasteiger partial charge in [0, 0.05) is 5.56 Å². The van der Waals surface area contributed by atoms with Crippen molar-refractivity contribution < 1.29 is 9.84 Å². The molecular weight excluding hydrogens is 280 g/mol. The number of benzene rings is 2. The standard InChI is InChI=1S/C17H16N2O3/c1-11-2-7-15-14(10-11)17(21)19-16(18-15)12-3-5-13(6-4-12)22-9-8-20/h2-7,10,20H,8-9H2,1H3,(H,18,19,21). The van der Waals surface area contributed by atoms with Gasteiger partial charge in [0.15, 0.2) is 0 Å². The quantitative estimate of drug-likeness (QED) is 0.774. The molecule has 0 bridgehead atoms. The van der Waals surface area contributed by atoms with Gasteiger partial charge in [0.1, 0.15) is 18.2 Å². The maximum Gasteiger partial charge on any atom is 0.259 e. The van der Waals surface area contributed by atoms with Crippen LogP contribution in [0, 0.1) is 6.92 Å². The Morgan fingerprint density at radius 1 is 1.18 bits per heavy atom. The first-order valence-corrected chi connectivity index (χ1v) is 7.02. The van der Waals surface area contributed by atoms with E-state index in [0.29, 0.717) is 22.5 Å². The number of hydrogen-bond donors (Lipinski definition) is 2. The third kappa shape index (κ3) is 2.84. The van der Waals surface area contributed by atoms with Crippen LogP contribution in [-0.2, 0) is 0 Å². The van der Waals surface area contributed by atoms with Crippen molar-refractivity contribution in [1.29, 1.82) is 0 Å². The summed E-state index contributed by atoms with van der Waals surface area (Å²) in [5.41, 5.74) is 2.35. The number of H-pyrrole nitrogens is 1. The van der Waals surface area contributed by atoms with Crippen LogP contribution in [0.25, 0.3) is 22.3 Å². The lowest BCUT2D eigenvalue weighted by Crippen LogP contribution is -2.09. The second-order valence-electron chi connectivity index (χ2n) is 5.03. The first kappa shape index (κ1) is 14.3. The summed E-state index contributed by atoms with van der Waals surface area (Å²) in [6, 6.07) is 12.8. The molecule has 22 heavy (non-hydrogen) atoms. The number of ether oxygens (including phenoxy) is 1. The number of nitrogens with one attached hydrogen (secondary N) is 1. The molecule has 112 valence electrons. The van der Waals surface area contributed by atoms with E-state index in [-0.39, 0.29) is 18.8 Å². The summed E-state index contributed by atoms with van der Waals surface area (Å²) in [6.45, 7) is 2.17. The van der Waals surface area contributed by atoms with E-state index in [9.17, 15) is 4.79 Å². The molecule has 2 N–H and O–H groups in total. The molecule has 0 radical (unpaired) electrons. The Labute approximate surface area is 127 Å². The highest BCUT2D eigenvalue weighted by molar-refractivity contribution is 5.80. The summed E-state index contributed by atoms with van der Waals surface area (Å²) in [7, 11) is 0. The maximum absolute atomic E-state index is 12.2. The molecule has 0 atom stereocenters. The Morgan fingerprint density at radius 3 is 2.68 bits per heavy atom. The molecule has 0 aliphatic rings. The number of nitrogens with zero attached hydrogens (tertiary/aromatic N) is 1. The molecule has 3 aromatic rings. The van der Waals surface area contributed by atoms with Gasteiger partial charge < -0.3 is 14.8 Å². The Kier molecular flexibility index (Phi) is 3.89. The fourth-order valence-electron chi connectivity index (χ4n) is 2.26. The van der Waals surface area contributed by atoms with Crippen LogP contribution in [0.5, 0.6) is 5.75 Å². The van der Waals surface area contributed by atoms with Crippen LogP contribution in [0.2, 0.25) is 0 Å². The molecule has 0 aliphatic heterocycles. The summed E-state index contributed by atoms with van der Waals surface area (Å²) in [4.78, 5) is 19.5. The van der Waals surface area contributed by atoms with Crippen molar-refractivity contribution in [3.8, 4) is 17.1 Å². The highest BCUT2D eigenvalue weighted by Gasteiger charge is 2.06. The Balaban J connectivity index is 1.99. The number of hydrogen-bond acceptors (Lipinski definition) is 4. The molecule has 0 fully saturated rings. The van der Waals surface area contributed by atoms with Gasteiger partial charge in [-0.15, -0.1) is 0 Å². The molecule has 0 saturated heterocycles. The van der Waals surface area contributed by atoms with E-state index in [1.54, 1.807) is 12.1 Å². The van der Waals surface area contributed by atoms with E-state index in [2.05, 4.69) is 9.97 Å². The number of fused-ring (bicyclic) bond motifs is 1. The van der Waals surface area contributed by atoms with Gasteiger partial charge in [-0.3, -0.25) is 4.79 Å². The lowest BCUT2D eigenvalue weighted by molar-refractivity contribution is 0.201. The van der Waals surface area contributed by atoms with Gasteiger partial charge in [0.05, 0.1) is 17.5 Å². The van der Waals surface area contributed by atoms with E-state index < -0.39 is 0 Å². The number of aryl methyl sites for hydroxylation is 1. The average Bonchev–Trinajstić information content (AvgIpc) is 2.54. The molecule has 0 unspecified atom stereocenters. The van der Waals surface area contributed by atoms with Crippen LogP contribution < -0.4 is 10.3 Å². The van der Waals surface area contributed by atoms with E-state index in [1.165, 1.54) is 0 Å². The van der Waals surface area contributed by atoms with Crippen LogP contribution in [0.15, 0.2) is 47.3 Å². The SMILES string of the molecule is Cc1ccc2nc(-c3ccc(OCCO)cc3)[nH]c(=O)c2c1. The van der Waals surface area contributed by atoms with Crippen molar-refractivity contribution in [2.45, 2.75) is 6.92 Å². The highest BCUT2D eigenvalue weighted by atomic mass is 16.5. The molecule has 0 aliphatic carbocycles. The monoisotopic (exact) mass is 296 g/mol. The summed E-state index contributed by atoms with van der Waals surface area (Å²) in [6.07, 6.45) is 0. The molecule has 0 amide bonds. The number of rotatable bonds is 4. The number of aromatic amines is 1. The van der Waals surface area contributed by atoms with Crippen molar-refractivity contribution in [3.63, 3.8) is 0 Å². The average molecular weight is 296 g/mol.